The molecule has 1 aliphatic heterocycles. The van der Waals surface area contributed by atoms with Gasteiger partial charge in [-0.25, -0.2) is 0 Å². The summed E-state index contributed by atoms with van der Waals surface area (Å²) in [6, 6.07) is 6.44. The lowest BCUT2D eigenvalue weighted by molar-refractivity contribution is -0.120. The predicted octanol–water partition coefficient (Wildman–Crippen LogP) is 3.04. The number of rotatable bonds is 6. The van der Waals surface area contributed by atoms with E-state index in [-0.39, 0.29) is 18.3 Å². The number of aromatic nitrogens is 2. The second-order valence-electron chi connectivity index (χ2n) is 7.39. The number of aryl methyl sites for hydroxylation is 1. The van der Waals surface area contributed by atoms with Crippen molar-refractivity contribution in [3.63, 3.8) is 0 Å². The highest BCUT2D eigenvalue weighted by Crippen LogP contribution is 2.18. The third-order valence-electron chi connectivity index (χ3n) is 4.80. The maximum Gasteiger partial charge on any atom is 0.224 e. The highest BCUT2D eigenvalue weighted by Gasteiger charge is 2.16. The molecular weight excluding hydrogens is 348 g/mol. The van der Waals surface area contributed by atoms with Gasteiger partial charge in [-0.1, -0.05) is 32.0 Å². The first-order valence-electron chi connectivity index (χ1n) is 9.05. The van der Waals surface area contributed by atoms with Crippen LogP contribution in [0.1, 0.15) is 47.5 Å². The van der Waals surface area contributed by atoms with E-state index in [1.807, 2.05) is 11.6 Å². The van der Waals surface area contributed by atoms with Gasteiger partial charge in [0.25, 0.3) is 0 Å². The van der Waals surface area contributed by atoms with Crippen LogP contribution >= 0.6 is 12.4 Å². The molecule has 2 aromatic rings. The second-order valence-corrected chi connectivity index (χ2v) is 7.39. The molecule has 1 aliphatic rings. The summed E-state index contributed by atoms with van der Waals surface area (Å²) >= 11 is 0. The third kappa shape index (κ3) is 4.65. The molecule has 26 heavy (non-hydrogen) atoms. The van der Waals surface area contributed by atoms with Crippen LogP contribution in [0.5, 0.6) is 0 Å². The smallest absolute Gasteiger partial charge is 0.224 e. The molecule has 2 heterocycles. The summed E-state index contributed by atoms with van der Waals surface area (Å²) in [6.45, 7) is 11.7. The number of amides is 1. The summed E-state index contributed by atoms with van der Waals surface area (Å²) in [5.41, 5.74) is 6.96. The van der Waals surface area contributed by atoms with Crippen LogP contribution in [-0.4, -0.2) is 15.7 Å². The van der Waals surface area contributed by atoms with Gasteiger partial charge in [-0.3, -0.25) is 9.48 Å². The highest BCUT2D eigenvalue weighted by molar-refractivity contribution is 5.85. The molecule has 2 N–H and O–H groups in total. The Hall–Kier alpha value is -1.85. The lowest BCUT2D eigenvalue weighted by atomic mass is 10.1. The van der Waals surface area contributed by atoms with Gasteiger partial charge in [-0.2, -0.15) is 5.10 Å². The summed E-state index contributed by atoms with van der Waals surface area (Å²) < 4.78 is 2.02. The van der Waals surface area contributed by atoms with Gasteiger partial charge < -0.3 is 10.6 Å². The number of nitrogens with one attached hydrogen (secondary N) is 2. The molecule has 1 amide bonds. The molecule has 0 aliphatic carbocycles. The van der Waals surface area contributed by atoms with Gasteiger partial charge in [0.15, 0.2) is 0 Å². The van der Waals surface area contributed by atoms with Crippen molar-refractivity contribution in [1.29, 1.82) is 0 Å². The molecule has 0 spiro atoms. The molecular formula is C20H29ClN4O. The van der Waals surface area contributed by atoms with E-state index in [0.29, 0.717) is 18.9 Å². The van der Waals surface area contributed by atoms with Gasteiger partial charge in [0.2, 0.25) is 5.91 Å². The van der Waals surface area contributed by atoms with E-state index < -0.39 is 0 Å². The minimum atomic E-state index is 0. The van der Waals surface area contributed by atoms with Crippen LogP contribution in [0.25, 0.3) is 0 Å². The lowest BCUT2D eigenvalue weighted by Crippen LogP contribution is -2.25. The first-order chi connectivity index (χ1) is 11.9. The van der Waals surface area contributed by atoms with Crippen LogP contribution in [0.3, 0.4) is 0 Å². The molecule has 142 valence electrons. The number of hydrogen-bond donors (Lipinski definition) is 2. The van der Waals surface area contributed by atoms with Crippen molar-refractivity contribution >= 4 is 18.3 Å². The largest absolute Gasteiger partial charge is 0.352 e. The lowest BCUT2D eigenvalue weighted by Gasteiger charge is -2.09. The Kier molecular flexibility index (Phi) is 6.84. The number of halogens is 1. The Balaban J connectivity index is 0.00000243. The fraction of sp³-hybridized carbons (Fsp3) is 0.500. The van der Waals surface area contributed by atoms with Crippen LogP contribution in [0, 0.1) is 19.8 Å². The minimum Gasteiger partial charge on any atom is -0.352 e. The Morgan fingerprint density at radius 2 is 2.00 bits per heavy atom. The molecule has 0 saturated heterocycles. The van der Waals surface area contributed by atoms with Crippen LogP contribution in [-0.2, 0) is 37.4 Å². The Morgan fingerprint density at radius 3 is 2.73 bits per heavy atom. The van der Waals surface area contributed by atoms with Crippen molar-refractivity contribution in [2.45, 2.75) is 60.3 Å². The van der Waals surface area contributed by atoms with Gasteiger partial charge >= 0.3 is 0 Å². The quantitative estimate of drug-likeness (QED) is 0.814. The summed E-state index contributed by atoms with van der Waals surface area (Å²) in [5, 5.41) is 11.0. The molecule has 0 saturated carbocycles. The van der Waals surface area contributed by atoms with Gasteiger partial charge in [0.05, 0.1) is 12.1 Å². The number of fused-ring (bicyclic) bond motifs is 1. The van der Waals surface area contributed by atoms with Crippen molar-refractivity contribution in [3.05, 3.63) is 51.8 Å². The second kappa shape index (κ2) is 8.69. The molecule has 6 heteroatoms. The molecule has 3 rings (SSSR count). The molecule has 0 radical (unpaired) electrons. The monoisotopic (exact) mass is 376 g/mol. The van der Waals surface area contributed by atoms with Crippen molar-refractivity contribution in [2.75, 3.05) is 0 Å². The predicted molar refractivity (Wildman–Crippen MR) is 106 cm³/mol. The van der Waals surface area contributed by atoms with E-state index in [4.69, 9.17) is 0 Å². The Morgan fingerprint density at radius 1 is 1.27 bits per heavy atom. The van der Waals surface area contributed by atoms with Crippen LogP contribution in [0.4, 0.5) is 0 Å². The maximum atomic E-state index is 12.4. The normalized spacial score (nSPS) is 12.8. The number of carbonyl (C=O) groups excluding carboxylic acids is 1. The van der Waals surface area contributed by atoms with Crippen molar-refractivity contribution in [1.82, 2.24) is 20.4 Å². The van der Waals surface area contributed by atoms with E-state index in [9.17, 15) is 4.79 Å². The molecule has 1 aromatic heterocycles. The van der Waals surface area contributed by atoms with Gasteiger partial charge in [-0.15, -0.1) is 12.4 Å². The van der Waals surface area contributed by atoms with Crippen molar-refractivity contribution in [2.24, 2.45) is 5.92 Å². The number of hydrogen-bond acceptors (Lipinski definition) is 3. The number of benzene rings is 1. The molecule has 5 nitrogen and oxygen atoms in total. The third-order valence-corrected chi connectivity index (χ3v) is 4.80. The van der Waals surface area contributed by atoms with E-state index in [1.54, 1.807) is 0 Å². The first-order valence-corrected chi connectivity index (χ1v) is 9.05. The first kappa shape index (κ1) is 20.5. The zero-order valence-electron chi connectivity index (χ0n) is 16.1. The van der Waals surface area contributed by atoms with Crippen molar-refractivity contribution < 1.29 is 4.79 Å². The molecule has 0 fully saturated rings. The molecule has 0 atom stereocenters. The fourth-order valence-corrected chi connectivity index (χ4v) is 3.40. The summed E-state index contributed by atoms with van der Waals surface area (Å²) in [6.07, 6.45) is 0.391. The number of carbonyl (C=O) groups is 1. The van der Waals surface area contributed by atoms with Gasteiger partial charge in [0.1, 0.15) is 0 Å². The zero-order valence-corrected chi connectivity index (χ0v) is 16.9. The average Bonchev–Trinajstić information content (AvgIpc) is 3.12. The van der Waals surface area contributed by atoms with Crippen LogP contribution < -0.4 is 10.6 Å². The molecule has 1 aromatic carbocycles. The van der Waals surface area contributed by atoms with E-state index in [2.05, 4.69) is 54.7 Å². The SMILES string of the molecule is Cc1nn(CC(C)C)c(C)c1CC(=O)NCc1ccc2c(c1)CNC2.Cl. The maximum absolute atomic E-state index is 12.4. The zero-order chi connectivity index (χ0) is 18.0. The van der Waals surface area contributed by atoms with Gasteiger partial charge in [-0.05, 0) is 36.5 Å². The standard InChI is InChI=1S/C20H28N4O.ClH/c1-13(2)12-24-15(4)19(14(3)23-24)8-20(25)22-9-16-5-6-17-10-21-11-18(17)7-16;/h5-7,13,21H,8-12H2,1-4H3,(H,22,25);1H. The summed E-state index contributed by atoms with van der Waals surface area (Å²) in [5.74, 6) is 0.586. The topological polar surface area (TPSA) is 59.0 Å². The Labute approximate surface area is 162 Å². The fourth-order valence-electron chi connectivity index (χ4n) is 3.40. The highest BCUT2D eigenvalue weighted by atomic mass is 35.5. The van der Waals surface area contributed by atoms with Crippen LogP contribution in [0.2, 0.25) is 0 Å². The van der Waals surface area contributed by atoms with E-state index in [1.165, 1.54) is 11.1 Å². The minimum absolute atomic E-state index is 0. The Bertz CT molecular complexity index is 782. The average molecular weight is 377 g/mol. The van der Waals surface area contributed by atoms with Crippen LogP contribution in [0.15, 0.2) is 18.2 Å². The number of nitrogens with zero attached hydrogens (tertiary/aromatic N) is 2. The molecule has 0 unspecified atom stereocenters. The summed E-state index contributed by atoms with van der Waals surface area (Å²) in [7, 11) is 0. The van der Waals surface area contributed by atoms with E-state index in [0.717, 1.165) is 42.1 Å². The van der Waals surface area contributed by atoms with E-state index >= 15 is 0 Å². The molecule has 0 bridgehead atoms. The summed E-state index contributed by atoms with van der Waals surface area (Å²) in [4.78, 5) is 12.4. The van der Waals surface area contributed by atoms with Crippen molar-refractivity contribution in [3.8, 4) is 0 Å². The van der Waals surface area contributed by atoms with Gasteiger partial charge in [0, 0.05) is 37.4 Å².